The number of anilines is 1. The van der Waals surface area contributed by atoms with Gasteiger partial charge in [0.2, 0.25) is 5.95 Å². The van der Waals surface area contributed by atoms with Gasteiger partial charge in [-0.2, -0.15) is 4.98 Å². The lowest BCUT2D eigenvalue weighted by atomic mass is 10.1. The van der Waals surface area contributed by atoms with Crippen LogP contribution in [0.5, 0.6) is 0 Å². The molecule has 2 aliphatic heterocycles. The van der Waals surface area contributed by atoms with E-state index in [1.807, 2.05) is 18.2 Å². The maximum atomic E-state index is 11.6. The maximum absolute atomic E-state index is 11.6. The third-order valence-corrected chi connectivity index (χ3v) is 2.37. The van der Waals surface area contributed by atoms with E-state index < -0.39 is 5.56 Å². The summed E-state index contributed by atoms with van der Waals surface area (Å²) in [5.74, 6) is -0.0196. The fourth-order valence-electron chi connectivity index (χ4n) is 1.66. The van der Waals surface area contributed by atoms with Crippen molar-refractivity contribution in [3.63, 3.8) is 0 Å². The van der Waals surface area contributed by atoms with Crippen LogP contribution in [0.4, 0.5) is 5.95 Å². The molecule has 16 heavy (non-hydrogen) atoms. The zero-order valence-corrected chi connectivity index (χ0v) is 8.18. The molecule has 0 atom stereocenters. The minimum atomic E-state index is -0.419. The van der Waals surface area contributed by atoms with E-state index in [1.165, 1.54) is 6.26 Å². The lowest BCUT2D eigenvalue weighted by Crippen LogP contribution is -2.14. The van der Waals surface area contributed by atoms with Gasteiger partial charge in [-0.15, -0.1) is 0 Å². The molecule has 5 heteroatoms. The number of rotatable bonds is 0. The largest absolute Gasteiger partial charge is 0.463 e. The Bertz CT molecular complexity index is 705. The number of nitrogens with two attached hydrogens (primary N) is 1. The average Bonchev–Trinajstić information content (AvgIpc) is 2.28. The number of aromatic nitrogens is 2. The number of fused-ring (bicyclic) bond motifs is 3. The minimum absolute atomic E-state index is 0.0196. The molecule has 0 aromatic heterocycles. The Kier molecular flexibility index (Phi) is 1.67. The molecule has 0 saturated heterocycles. The molecule has 2 heterocycles. The van der Waals surface area contributed by atoms with Crippen LogP contribution in [0, 0.1) is 0 Å². The average molecular weight is 213 g/mol. The first-order chi connectivity index (χ1) is 7.75. The molecule has 0 aliphatic carbocycles. The van der Waals surface area contributed by atoms with Crippen molar-refractivity contribution in [2.24, 2.45) is 0 Å². The van der Waals surface area contributed by atoms with Gasteiger partial charge in [-0.05, 0) is 12.1 Å². The highest BCUT2D eigenvalue weighted by Gasteiger charge is 2.14. The highest BCUT2D eigenvalue weighted by molar-refractivity contribution is 5.91. The van der Waals surface area contributed by atoms with Gasteiger partial charge in [-0.1, -0.05) is 12.1 Å². The molecule has 0 saturated carbocycles. The van der Waals surface area contributed by atoms with E-state index >= 15 is 0 Å². The summed E-state index contributed by atoms with van der Waals surface area (Å²) < 4.78 is 5.32. The van der Waals surface area contributed by atoms with Gasteiger partial charge < -0.3 is 10.2 Å². The van der Waals surface area contributed by atoms with Gasteiger partial charge in [0, 0.05) is 5.39 Å². The number of para-hydroxylation sites is 1. The van der Waals surface area contributed by atoms with Crippen molar-refractivity contribution in [1.82, 2.24) is 9.97 Å². The SMILES string of the molecule is Nc1nc2c3ccccc3occ-2c(=O)n1. The Hall–Kier alpha value is -2.43. The number of hydrogen-bond donors (Lipinski definition) is 1. The fraction of sp³-hybridized carbons (Fsp3) is 0. The normalized spacial score (nSPS) is 11.0. The van der Waals surface area contributed by atoms with Crippen LogP contribution in [0.1, 0.15) is 0 Å². The van der Waals surface area contributed by atoms with Crippen LogP contribution in [0.25, 0.3) is 22.2 Å². The van der Waals surface area contributed by atoms with E-state index in [9.17, 15) is 4.79 Å². The molecule has 0 radical (unpaired) electrons. The Morgan fingerprint density at radius 2 is 2.00 bits per heavy atom. The molecule has 2 aliphatic rings. The molecular weight excluding hydrogens is 206 g/mol. The van der Waals surface area contributed by atoms with Crippen LogP contribution in [0.2, 0.25) is 0 Å². The lowest BCUT2D eigenvalue weighted by Gasteiger charge is -2.06. The van der Waals surface area contributed by atoms with Crippen molar-refractivity contribution in [3.05, 3.63) is 40.9 Å². The van der Waals surface area contributed by atoms with Crippen LogP contribution in [-0.2, 0) is 0 Å². The predicted molar refractivity (Wildman–Crippen MR) is 59.1 cm³/mol. The standard InChI is InChI=1S/C11H7N3O2/c12-11-13-9-6-3-1-2-4-8(6)16-5-7(9)10(15)14-11/h1-5H,(H2,12,14,15). The van der Waals surface area contributed by atoms with Crippen LogP contribution < -0.4 is 11.3 Å². The Labute approximate surface area is 89.9 Å². The summed E-state index contributed by atoms with van der Waals surface area (Å²) in [4.78, 5) is 19.2. The van der Waals surface area contributed by atoms with E-state index in [4.69, 9.17) is 10.2 Å². The van der Waals surface area contributed by atoms with Gasteiger partial charge in [0.05, 0.1) is 5.69 Å². The first-order valence-electron chi connectivity index (χ1n) is 4.69. The molecule has 2 N–H and O–H groups in total. The predicted octanol–water partition coefficient (Wildman–Crippen LogP) is 1.27. The molecule has 78 valence electrons. The molecule has 0 spiro atoms. The number of benzene rings is 1. The highest BCUT2D eigenvalue weighted by Crippen LogP contribution is 2.26. The molecule has 3 rings (SSSR count). The van der Waals surface area contributed by atoms with Crippen LogP contribution in [0.15, 0.2) is 39.7 Å². The van der Waals surface area contributed by atoms with Crippen molar-refractivity contribution in [2.45, 2.75) is 0 Å². The van der Waals surface area contributed by atoms with Crippen molar-refractivity contribution < 1.29 is 4.42 Å². The topological polar surface area (TPSA) is 82.0 Å². The van der Waals surface area contributed by atoms with Gasteiger partial charge in [0.15, 0.2) is 0 Å². The third-order valence-electron chi connectivity index (χ3n) is 2.37. The van der Waals surface area contributed by atoms with Gasteiger partial charge >= 0.3 is 0 Å². The molecule has 0 bridgehead atoms. The summed E-state index contributed by atoms with van der Waals surface area (Å²) in [7, 11) is 0. The second kappa shape index (κ2) is 3.03. The summed E-state index contributed by atoms with van der Waals surface area (Å²) in [6.07, 6.45) is 1.36. The molecular formula is C11H7N3O2. The Balaban J connectivity index is 2.58. The molecule has 0 fully saturated rings. The van der Waals surface area contributed by atoms with E-state index in [2.05, 4.69) is 9.97 Å². The van der Waals surface area contributed by atoms with E-state index in [-0.39, 0.29) is 5.95 Å². The van der Waals surface area contributed by atoms with Gasteiger partial charge in [0.1, 0.15) is 17.4 Å². The number of nitrogen functional groups attached to an aromatic ring is 1. The van der Waals surface area contributed by atoms with Gasteiger partial charge in [0.25, 0.3) is 5.56 Å². The highest BCUT2D eigenvalue weighted by atomic mass is 16.3. The summed E-state index contributed by atoms with van der Waals surface area (Å²) in [6, 6.07) is 7.32. The number of nitrogens with zero attached hydrogens (tertiary/aromatic N) is 2. The van der Waals surface area contributed by atoms with Crippen molar-refractivity contribution in [1.29, 1.82) is 0 Å². The van der Waals surface area contributed by atoms with Gasteiger partial charge in [-0.25, -0.2) is 4.98 Å². The lowest BCUT2D eigenvalue weighted by molar-refractivity contribution is 0.603. The summed E-state index contributed by atoms with van der Waals surface area (Å²) >= 11 is 0. The second-order valence-electron chi connectivity index (χ2n) is 3.38. The first-order valence-corrected chi connectivity index (χ1v) is 4.69. The second-order valence-corrected chi connectivity index (χ2v) is 3.38. The third kappa shape index (κ3) is 1.15. The first kappa shape index (κ1) is 8.84. The zero-order chi connectivity index (χ0) is 11.1. The molecule has 0 amide bonds. The quantitative estimate of drug-likeness (QED) is 0.568. The van der Waals surface area contributed by atoms with E-state index in [1.54, 1.807) is 6.07 Å². The minimum Gasteiger partial charge on any atom is -0.463 e. The van der Waals surface area contributed by atoms with Crippen LogP contribution in [-0.4, -0.2) is 9.97 Å². The summed E-state index contributed by atoms with van der Waals surface area (Å²) in [5.41, 5.74) is 6.57. The van der Waals surface area contributed by atoms with Gasteiger partial charge in [-0.3, -0.25) is 4.79 Å². The number of hydrogen-bond acceptors (Lipinski definition) is 5. The molecule has 0 unspecified atom stereocenters. The van der Waals surface area contributed by atoms with Crippen molar-refractivity contribution >= 4 is 16.9 Å². The van der Waals surface area contributed by atoms with Crippen molar-refractivity contribution in [2.75, 3.05) is 5.73 Å². The van der Waals surface area contributed by atoms with E-state index in [0.717, 1.165) is 5.39 Å². The summed E-state index contributed by atoms with van der Waals surface area (Å²) in [5, 5.41) is 0.756. The monoisotopic (exact) mass is 213 g/mol. The molecule has 1 aromatic carbocycles. The Morgan fingerprint density at radius 1 is 1.19 bits per heavy atom. The molecule has 5 nitrogen and oxygen atoms in total. The summed E-state index contributed by atoms with van der Waals surface area (Å²) in [6.45, 7) is 0. The van der Waals surface area contributed by atoms with Crippen molar-refractivity contribution in [3.8, 4) is 11.3 Å². The fourth-order valence-corrected chi connectivity index (χ4v) is 1.66. The Morgan fingerprint density at radius 3 is 2.88 bits per heavy atom. The smallest absolute Gasteiger partial charge is 0.285 e. The van der Waals surface area contributed by atoms with E-state index in [0.29, 0.717) is 16.8 Å². The zero-order valence-electron chi connectivity index (χ0n) is 8.18. The van der Waals surface area contributed by atoms with Crippen LogP contribution >= 0.6 is 0 Å². The molecule has 1 aromatic rings. The van der Waals surface area contributed by atoms with Crippen LogP contribution in [0.3, 0.4) is 0 Å². The maximum Gasteiger partial charge on any atom is 0.285 e.